The Morgan fingerprint density at radius 2 is 1.76 bits per heavy atom. The maximum atomic E-state index is 13.0. The summed E-state index contributed by atoms with van der Waals surface area (Å²) < 4.78 is 23.7. The molecule has 0 atom stereocenters. The molecule has 0 bridgehead atoms. The molecule has 0 radical (unpaired) electrons. The lowest BCUT2D eigenvalue weighted by atomic mass is 10.0. The molecule has 5 heteroatoms. The molecule has 0 unspecified atom stereocenters. The summed E-state index contributed by atoms with van der Waals surface area (Å²) in [7, 11) is 1.48. The van der Waals surface area contributed by atoms with Gasteiger partial charge in [-0.15, -0.1) is 0 Å². The molecule has 3 rings (SSSR count). The number of phenolic OH excluding ortho intramolecular Hbond substituents is 1. The molecule has 1 N–H and O–H groups in total. The molecular weight excluding hydrogens is 371 g/mol. The maximum absolute atomic E-state index is 13.0. The van der Waals surface area contributed by atoms with E-state index in [1.165, 1.54) is 31.4 Å². The molecule has 0 aliphatic heterocycles. The van der Waals surface area contributed by atoms with Gasteiger partial charge in [0.1, 0.15) is 18.2 Å². The summed E-state index contributed by atoms with van der Waals surface area (Å²) in [5, 5.41) is 9.82. The van der Waals surface area contributed by atoms with Crippen molar-refractivity contribution in [2.24, 2.45) is 0 Å². The minimum absolute atomic E-state index is 0.0189. The van der Waals surface area contributed by atoms with Crippen LogP contribution in [0.3, 0.4) is 0 Å². The number of halogens is 1. The number of methoxy groups -OCH3 is 1. The first-order valence-corrected chi connectivity index (χ1v) is 9.08. The first kappa shape index (κ1) is 20.1. The fourth-order valence-electron chi connectivity index (χ4n) is 2.81. The zero-order valence-corrected chi connectivity index (χ0v) is 16.0. The molecule has 0 amide bonds. The topological polar surface area (TPSA) is 55.8 Å². The molecule has 0 saturated carbocycles. The molecule has 3 aromatic carbocycles. The first-order valence-electron chi connectivity index (χ1n) is 9.08. The van der Waals surface area contributed by atoms with Crippen LogP contribution in [-0.4, -0.2) is 18.0 Å². The fourth-order valence-corrected chi connectivity index (χ4v) is 2.81. The van der Waals surface area contributed by atoms with Crippen molar-refractivity contribution in [3.8, 4) is 17.2 Å². The van der Waals surface area contributed by atoms with Gasteiger partial charge in [-0.25, -0.2) is 4.39 Å². The number of carbonyl (C=O) groups excluding carboxylic acids is 1. The molecule has 148 valence electrons. The number of benzene rings is 3. The molecule has 0 aliphatic carbocycles. The second-order valence-electron chi connectivity index (χ2n) is 6.42. The highest BCUT2D eigenvalue weighted by Gasteiger charge is 2.07. The van der Waals surface area contributed by atoms with Crippen LogP contribution in [0.5, 0.6) is 17.2 Å². The quantitative estimate of drug-likeness (QED) is 0.552. The Hall–Kier alpha value is -3.60. The predicted molar refractivity (Wildman–Crippen MR) is 110 cm³/mol. The van der Waals surface area contributed by atoms with E-state index in [4.69, 9.17) is 9.47 Å². The Bertz CT molecular complexity index is 1010. The number of hydrogen-bond donors (Lipinski definition) is 1. The number of hydrogen-bond acceptors (Lipinski definition) is 4. The average molecular weight is 392 g/mol. The Morgan fingerprint density at radius 1 is 1.03 bits per heavy atom. The predicted octanol–water partition coefficient (Wildman–Crippen LogP) is 4.94. The van der Waals surface area contributed by atoms with Crippen LogP contribution in [-0.2, 0) is 17.8 Å². The van der Waals surface area contributed by atoms with Crippen LogP contribution in [0.15, 0.2) is 72.8 Å². The lowest BCUT2D eigenvalue weighted by molar-refractivity contribution is -0.113. The zero-order chi connectivity index (χ0) is 20.6. The van der Waals surface area contributed by atoms with Gasteiger partial charge in [-0.2, -0.15) is 0 Å². The average Bonchev–Trinajstić information content (AvgIpc) is 2.73. The van der Waals surface area contributed by atoms with Gasteiger partial charge < -0.3 is 14.6 Å². The first-order chi connectivity index (χ1) is 14.0. The lowest BCUT2D eigenvalue weighted by Crippen LogP contribution is -2.05. The van der Waals surface area contributed by atoms with Crippen LogP contribution in [0.25, 0.3) is 6.08 Å². The maximum Gasteiger partial charge on any atom is 0.160 e. The van der Waals surface area contributed by atoms with Gasteiger partial charge in [0.25, 0.3) is 0 Å². The van der Waals surface area contributed by atoms with Crippen LogP contribution < -0.4 is 9.47 Å². The van der Waals surface area contributed by atoms with Gasteiger partial charge in [0.15, 0.2) is 17.3 Å². The smallest absolute Gasteiger partial charge is 0.160 e. The number of carbonyl (C=O) groups is 1. The largest absolute Gasteiger partial charge is 0.504 e. The molecule has 4 nitrogen and oxygen atoms in total. The third kappa shape index (κ3) is 5.69. The van der Waals surface area contributed by atoms with Crippen LogP contribution in [0.1, 0.15) is 16.7 Å². The van der Waals surface area contributed by atoms with Crippen molar-refractivity contribution in [2.75, 3.05) is 7.11 Å². The standard InChI is InChI=1S/C24H21FO4/c1-28-24-13-7-17(14-23(24)27)6-10-21(26)15-18-4-2-3-5-19(18)16-29-22-11-8-20(25)9-12-22/h2-14,27H,15-16H2,1H3/b10-6+. The summed E-state index contributed by atoms with van der Waals surface area (Å²) in [6.45, 7) is 0.283. The van der Waals surface area contributed by atoms with Crippen LogP contribution >= 0.6 is 0 Å². The van der Waals surface area contributed by atoms with Gasteiger partial charge in [-0.05, 0) is 59.2 Å². The molecule has 0 saturated heterocycles. The van der Waals surface area contributed by atoms with Crippen molar-refractivity contribution in [3.63, 3.8) is 0 Å². The lowest BCUT2D eigenvalue weighted by Gasteiger charge is -2.10. The normalized spacial score (nSPS) is 10.8. The molecule has 0 fully saturated rings. The van der Waals surface area contributed by atoms with E-state index < -0.39 is 0 Å². The van der Waals surface area contributed by atoms with E-state index in [9.17, 15) is 14.3 Å². The Balaban J connectivity index is 1.64. The summed E-state index contributed by atoms with van der Waals surface area (Å²) in [5.74, 6) is 0.565. The Kier molecular flexibility index (Phi) is 6.63. The highest BCUT2D eigenvalue weighted by molar-refractivity contribution is 5.95. The van der Waals surface area contributed by atoms with Gasteiger partial charge in [-0.1, -0.05) is 36.4 Å². The van der Waals surface area contributed by atoms with Gasteiger partial charge in [0.2, 0.25) is 0 Å². The van der Waals surface area contributed by atoms with E-state index in [0.717, 1.165) is 11.1 Å². The molecule has 29 heavy (non-hydrogen) atoms. The molecule has 0 heterocycles. The minimum atomic E-state index is -0.319. The van der Waals surface area contributed by atoms with Gasteiger partial charge >= 0.3 is 0 Å². The number of allylic oxidation sites excluding steroid dienone is 1. The van der Waals surface area contributed by atoms with Crippen LogP contribution in [0, 0.1) is 5.82 Å². The van der Waals surface area contributed by atoms with Crippen molar-refractivity contribution in [1.82, 2.24) is 0 Å². The van der Waals surface area contributed by atoms with Crippen LogP contribution in [0.2, 0.25) is 0 Å². The number of aromatic hydroxyl groups is 1. The minimum Gasteiger partial charge on any atom is -0.504 e. The highest BCUT2D eigenvalue weighted by atomic mass is 19.1. The van der Waals surface area contributed by atoms with E-state index in [0.29, 0.717) is 17.1 Å². The van der Waals surface area contributed by atoms with Gasteiger partial charge in [0, 0.05) is 6.42 Å². The highest BCUT2D eigenvalue weighted by Crippen LogP contribution is 2.26. The molecule has 0 aliphatic rings. The number of phenols is 1. The monoisotopic (exact) mass is 392 g/mol. The fraction of sp³-hybridized carbons (Fsp3) is 0.125. The van der Waals surface area contributed by atoms with Crippen molar-refractivity contribution < 1.29 is 23.8 Å². The van der Waals surface area contributed by atoms with Crippen molar-refractivity contribution in [2.45, 2.75) is 13.0 Å². The van der Waals surface area contributed by atoms with Crippen molar-refractivity contribution >= 4 is 11.9 Å². The molecular formula is C24H21FO4. The molecule has 3 aromatic rings. The van der Waals surface area contributed by atoms with Crippen LogP contribution in [0.4, 0.5) is 4.39 Å². The zero-order valence-electron chi connectivity index (χ0n) is 16.0. The summed E-state index contributed by atoms with van der Waals surface area (Å²) in [5.41, 5.74) is 2.45. The SMILES string of the molecule is COc1ccc(/C=C/C(=O)Cc2ccccc2COc2ccc(F)cc2)cc1O. The van der Waals surface area contributed by atoms with E-state index in [-0.39, 0.29) is 30.4 Å². The third-order valence-corrected chi connectivity index (χ3v) is 4.36. The number of ether oxygens (including phenoxy) is 2. The van der Waals surface area contributed by atoms with Gasteiger partial charge in [-0.3, -0.25) is 4.79 Å². The summed E-state index contributed by atoms with van der Waals surface area (Å²) >= 11 is 0. The molecule has 0 spiro atoms. The van der Waals surface area contributed by atoms with Crippen molar-refractivity contribution in [1.29, 1.82) is 0 Å². The van der Waals surface area contributed by atoms with E-state index >= 15 is 0 Å². The van der Waals surface area contributed by atoms with Crippen molar-refractivity contribution in [3.05, 3.63) is 95.3 Å². The molecule has 0 aromatic heterocycles. The summed E-state index contributed by atoms with van der Waals surface area (Å²) in [4.78, 5) is 12.4. The number of rotatable bonds is 8. The van der Waals surface area contributed by atoms with E-state index in [2.05, 4.69) is 0 Å². The summed E-state index contributed by atoms with van der Waals surface area (Å²) in [6, 6.07) is 18.3. The summed E-state index contributed by atoms with van der Waals surface area (Å²) in [6.07, 6.45) is 3.36. The third-order valence-electron chi connectivity index (χ3n) is 4.36. The van der Waals surface area contributed by atoms with E-state index in [1.807, 2.05) is 24.3 Å². The Morgan fingerprint density at radius 3 is 2.45 bits per heavy atom. The van der Waals surface area contributed by atoms with E-state index in [1.54, 1.807) is 30.3 Å². The second kappa shape index (κ2) is 9.55. The number of ketones is 1. The van der Waals surface area contributed by atoms with Gasteiger partial charge in [0.05, 0.1) is 7.11 Å². The Labute approximate surface area is 168 Å². The second-order valence-corrected chi connectivity index (χ2v) is 6.42.